The van der Waals surface area contributed by atoms with E-state index in [0.29, 0.717) is 21.3 Å². The van der Waals surface area contributed by atoms with E-state index in [2.05, 4.69) is 5.32 Å². The van der Waals surface area contributed by atoms with Crippen molar-refractivity contribution in [3.63, 3.8) is 0 Å². The van der Waals surface area contributed by atoms with Gasteiger partial charge in [0.25, 0.3) is 0 Å². The highest BCUT2D eigenvalue weighted by Crippen LogP contribution is 2.22. The van der Waals surface area contributed by atoms with Gasteiger partial charge >= 0.3 is 0 Å². The van der Waals surface area contributed by atoms with Gasteiger partial charge in [0.1, 0.15) is 6.04 Å². The number of nitrogens with one attached hydrogen (secondary N) is 1. The normalized spacial score (nSPS) is 12.5. The van der Waals surface area contributed by atoms with E-state index in [1.54, 1.807) is 48.5 Å². The fourth-order valence-electron chi connectivity index (χ4n) is 2.38. The summed E-state index contributed by atoms with van der Waals surface area (Å²) < 4.78 is 25.4. The van der Waals surface area contributed by atoms with Crippen LogP contribution in [0.5, 0.6) is 0 Å². The number of anilines is 1. The van der Waals surface area contributed by atoms with Crippen LogP contribution in [0, 0.1) is 0 Å². The second-order valence-electron chi connectivity index (χ2n) is 5.52. The number of halogens is 2. The topological polar surface area (TPSA) is 66.5 Å². The Morgan fingerprint density at radius 1 is 1.16 bits per heavy atom. The summed E-state index contributed by atoms with van der Waals surface area (Å²) in [5, 5.41) is 3.64. The molecule has 0 aliphatic heterocycles. The zero-order chi connectivity index (χ0) is 18.6. The minimum absolute atomic E-state index is 0.172. The number of hydrogen-bond donors (Lipinski definition) is 1. The first-order valence-electron chi connectivity index (χ1n) is 7.46. The fourth-order valence-corrected chi connectivity index (χ4v) is 4.03. The average molecular weight is 401 g/mol. The minimum Gasteiger partial charge on any atom is -0.350 e. The van der Waals surface area contributed by atoms with Gasteiger partial charge in [-0.1, -0.05) is 47.5 Å². The quantitative estimate of drug-likeness (QED) is 0.806. The van der Waals surface area contributed by atoms with Crippen molar-refractivity contribution in [2.45, 2.75) is 19.5 Å². The second kappa shape index (κ2) is 8.08. The minimum atomic E-state index is -3.63. The van der Waals surface area contributed by atoms with E-state index in [4.69, 9.17) is 23.2 Å². The molecule has 1 amide bonds. The highest BCUT2D eigenvalue weighted by Gasteiger charge is 2.28. The number of amides is 1. The maximum absolute atomic E-state index is 12.5. The van der Waals surface area contributed by atoms with Crippen LogP contribution in [0.1, 0.15) is 12.5 Å². The lowest BCUT2D eigenvalue weighted by molar-refractivity contribution is -0.122. The number of carbonyl (C=O) groups is 1. The van der Waals surface area contributed by atoms with E-state index in [1.807, 2.05) is 0 Å². The molecule has 8 heteroatoms. The summed E-state index contributed by atoms with van der Waals surface area (Å²) in [6, 6.07) is 12.5. The van der Waals surface area contributed by atoms with Crippen molar-refractivity contribution in [2.24, 2.45) is 0 Å². The third-order valence-corrected chi connectivity index (χ3v) is 5.40. The van der Waals surface area contributed by atoms with E-state index in [0.717, 1.165) is 10.6 Å². The molecule has 0 bridgehead atoms. The summed E-state index contributed by atoms with van der Waals surface area (Å²) in [6.45, 7) is 1.71. The van der Waals surface area contributed by atoms with Gasteiger partial charge in [-0.05, 0) is 36.8 Å². The summed E-state index contributed by atoms with van der Waals surface area (Å²) in [5.74, 6) is -0.430. The molecule has 0 heterocycles. The predicted molar refractivity (Wildman–Crippen MR) is 102 cm³/mol. The van der Waals surface area contributed by atoms with Gasteiger partial charge in [-0.15, -0.1) is 0 Å². The summed E-state index contributed by atoms with van der Waals surface area (Å²) in [7, 11) is -3.63. The number of para-hydroxylation sites is 1. The highest BCUT2D eigenvalue weighted by atomic mass is 35.5. The van der Waals surface area contributed by atoms with Crippen molar-refractivity contribution < 1.29 is 13.2 Å². The first-order chi connectivity index (χ1) is 11.7. The monoisotopic (exact) mass is 400 g/mol. The predicted octanol–water partition coefficient (Wildman–Crippen LogP) is 3.46. The molecule has 0 unspecified atom stereocenters. The van der Waals surface area contributed by atoms with Gasteiger partial charge in [-0.3, -0.25) is 9.10 Å². The number of sulfonamides is 1. The highest BCUT2D eigenvalue weighted by molar-refractivity contribution is 7.92. The van der Waals surface area contributed by atoms with Crippen LogP contribution in [-0.4, -0.2) is 26.6 Å². The second-order valence-corrected chi connectivity index (χ2v) is 8.23. The average Bonchev–Trinajstić information content (AvgIpc) is 2.53. The molecular formula is C17H18Cl2N2O3S. The summed E-state index contributed by atoms with van der Waals surface area (Å²) in [6.07, 6.45) is 1.07. The molecule has 0 radical (unpaired) electrons. The molecule has 0 saturated carbocycles. The zero-order valence-corrected chi connectivity index (χ0v) is 16.1. The Morgan fingerprint density at radius 3 is 2.36 bits per heavy atom. The van der Waals surface area contributed by atoms with Crippen LogP contribution in [0.4, 0.5) is 5.69 Å². The SMILES string of the molecule is C[C@H](C(=O)NCc1ccc(Cl)cc1Cl)N(c1ccccc1)S(C)(=O)=O. The molecule has 2 aromatic carbocycles. The summed E-state index contributed by atoms with van der Waals surface area (Å²) in [4.78, 5) is 12.5. The molecule has 1 atom stereocenters. The van der Waals surface area contributed by atoms with Gasteiger partial charge in [-0.25, -0.2) is 8.42 Å². The van der Waals surface area contributed by atoms with Crippen molar-refractivity contribution in [1.29, 1.82) is 0 Å². The van der Waals surface area contributed by atoms with Crippen molar-refractivity contribution in [3.8, 4) is 0 Å². The number of hydrogen-bond acceptors (Lipinski definition) is 3. The molecule has 1 N–H and O–H groups in total. The van der Waals surface area contributed by atoms with Crippen LogP contribution >= 0.6 is 23.2 Å². The van der Waals surface area contributed by atoms with E-state index >= 15 is 0 Å². The molecule has 0 aliphatic carbocycles. The Morgan fingerprint density at radius 2 is 1.80 bits per heavy atom. The van der Waals surface area contributed by atoms with Crippen LogP contribution in [0.15, 0.2) is 48.5 Å². The molecule has 0 aliphatic rings. The molecule has 5 nitrogen and oxygen atoms in total. The smallest absolute Gasteiger partial charge is 0.243 e. The van der Waals surface area contributed by atoms with Crippen LogP contribution in [0.25, 0.3) is 0 Å². The van der Waals surface area contributed by atoms with Gasteiger partial charge in [-0.2, -0.15) is 0 Å². The largest absolute Gasteiger partial charge is 0.350 e. The standard InChI is InChI=1S/C17H18Cl2N2O3S/c1-12(21(25(2,23)24)15-6-4-3-5-7-15)17(22)20-11-13-8-9-14(18)10-16(13)19/h3-10,12H,11H2,1-2H3,(H,20,22)/t12-/m1/s1. The molecular weight excluding hydrogens is 383 g/mol. The van der Waals surface area contributed by atoms with E-state index < -0.39 is 22.0 Å². The maximum Gasteiger partial charge on any atom is 0.243 e. The molecule has 2 aromatic rings. The Labute approximate surface area is 157 Å². The molecule has 0 spiro atoms. The Hall–Kier alpha value is -1.76. The van der Waals surface area contributed by atoms with E-state index in [9.17, 15) is 13.2 Å². The number of nitrogens with zero attached hydrogens (tertiary/aromatic N) is 1. The summed E-state index contributed by atoms with van der Waals surface area (Å²) >= 11 is 11.9. The van der Waals surface area contributed by atoms with E-state index in [1.165, 1.54) is 6.92 Å². The zero-order valence-electron chi connectivity index (χ0n) is 13.7. The Balaban J connectivity index is 2.16. The fraction of sp³-hybridized carbons (Fsp3) is 0.235. The summed E-state index contributed by atoms with van der Waals surface area (Å²) in [5.41, 5.74) is 1.12. The van der Waals surface area contributed by atoms with Crippen molar-refractivity contribution >= 4 is 44.8 Å². The first-order valence-corrected chi connectivity index (χ1v) is 10.1. The van der Waals surface area contributed by atoms with Gasteiger partial charge < -0.3 is 5.32 Å². The molecule has 2 rings (SSSR count). The van der Waals surface area contributed by atoms with E-state index in [-0.39, 0.29) is 6.54 Å². The van der Waals surface area contributed by atoms with Crippen LogP contribution in [0.3, 0.4) is 0 Å². The molecule has 25 heavy (non-hydrogen) atoms. The Bertz CT molecular complexity index is 857. The van der Waals surface area contributed by atoms with Crippen LogP contribution in [-0.2, 0) is 21.4 Å². The number of carbonyl (C=O) groups excluding carboxylic acids is 1. The lowest BCUT2D eigenvalue weighted by atomic mass is 10.2. The molecule has 134 valence electrons. The van der Waals surface area contributed by atoms with Crippen LogP contribution < -0.4 is 9.62 Å². The van der Waals surface area contributed by atoms with Crippen LogP contribution in [0.2, 0.25) is 10.0 Å². The van der Waals surface area contributed by atoms with Gasteiger partial charge in [0.2, 0.25) is 15.9 Å². The molecule has 0 saturated heterocycles. The number of rotatable bonds is 6. The molecule has 0 fully saturated rings. The first kappa shape index (κ1) is 19.6. The third kappa shape index (κ3) is 5.11. The van der Waals surface area contributed by atoms with Gasteiger partial charge in [0.05, 0.1) is 11.9 Å². The Kier molecular flexibility index (Phi) is 6.32. The van der Waals surface area contributed by atoms with Gasteiger partial charge in [0, 0.05) is 16.6 Å². The lowest BCUT2D eigenvalue weighted by Gasteiger charge is -2.28. The van der Waals surface area contributed by atoms with Crippen molar-refractivity contribution in [1.82, 2.24) is 5.32 Å². The molecule has 0 aromatic heterocycles. The van der Waals surface area contributed by atoms with Crippen molar-refractivity contribution in [3.05, 3.63) is 64.1 Å². The maximum atomic E-state index is 12.5. The lowest BCUT2D eigenvalue weighted by Crippen LogP contribution is -2.47. The van der Waals surface area contributed by atoms with Gasteiger partial charge in [0.15, 0.2) is 0 Å². The number of benzene rings is 2. The van der Waals surface area contributed by atoms with Crippen molar-refractivity contribution in [2.75, 3.05) is 10.6 Å². The third-order valence-electron chi connectivity index (χ3n) is 3.57.